The first-order chi connectivity index (χ1) is 41.0. The van der Waals surface area contributed by atoms with Crippen LogP contribution in [0.5, 0.6) is 0 Å². The van der Waals surface area contributed by atoms with Crippen molar-refractivity contribution in [3.8, 4) is 0 Å². The Labute approximate surface area is 510 Å². The Morgan fingerprint density at radius 2 is 1.35 bits per heavy atom. The van der Waals surface area contributed by atoms with Crippen LogP contribution in [0.4, 0.5) is 5.82 Å². The summed E-state index contributed by atoms with van der Waals surface area (Å²) in [7, 11) is -5.04. The van der Waals surface area contributed by atoms with Gasteiger partial charge in [-0.2, -0.15) is 0 Å². The van der Waals surface area contributed by atoms with Crippen molar-refractivity contribution in [3.05, 3.63) is 47.0 Å². The van der Waals surface area contributed by atoms with E-state index in [1.165, 1.54) is 17.2 Å². The van der Waals surface area contributed by atoms with Crippen molar-refractivity contribution in [2.45, 2.75) is 180 Å². The number of rotatable bonds is 26. The zero-order valence-electron chi connectivity index (χ0n) is 51.2. The lowest BCUT2D eigenvalue weighted by molar-refractivity contribution is -0.124. The van der Waals surface area contributed by atoms with Crippen LogP contribution in [0.2, 0.25) is 0 Å². The molecule has 6 aliphatic heterocycles. The number of carbonyl (C=O) groups excluding carboxylic acids is 7. The lowest BCUT2D eigenvalue weighted by Crippen LogP contribution is -2.64. The van der Waals surface area contributed by atoms with Gasteiger partial charge in [-0.15, -0.1) is 0 Å². The number of nitrogens with zero attached hydrogens (tertiary/aromatic N) is 4. The van der Waals surface area contributed by atoms with Gasteiger partial charge in [0.05, 0.1) is 19.3 Å². The molecule has 0 aromatic carbocycles. The number of aromatic nitrogens is 4. The van der Waals surface area contributed by atoms with E-state index in [1.807, 2.05) is 41.5 Å². The molecular weight excluding hydrogens is 1160 g/mol. The number of hydrogen-bond acceptors (Lipinski definition) is 21. The third kappa shape index (κ3) is 12.6. The molecule has 5 saturated heterocycles. The highest BCUT2D eigenvalue weighted by Gasteiger charge is 2.68. The van der Waals surface area contributed by atoms with E-state index in [4.69, 9.17) is 53.9 Å². The second kappa shape index (κ2) is 25.2. The van der Waals surface area contributed by atoms with E-state index < -0.39 is 156 Å². The number of nitrogens with two attached hydrogens (primary N) is 7. The van der Waals surface area contributed by atoms with Gasteiger partial charge < -0.3 is 86.6 Å². The molecule has 22 N–H and O–H groups in total. The van der Waals surface area contributed by atoms with Gasteiger partial charge in [0.25, 0.3) is 0 Å². The zero-order chi connectivity index (χ0) is 65.0. The number of nitrogen functional groups attached to an aromatic ring is 1. The average molecular weight is 1250 g/mol. The van der Waals surface area contributed by atoms with E-state index in [2.05, 4.69) is 61.5 Å². The molecule has 30 nitrogen and oxygen atoms in total. The van der Waals surface area contributed by atoms with Crippen LogP contribution in [0.3, 0.4) is 0 Å². The fourth-order valence-corrected chi connectivity index (χ4v) is 17.1. The lowest BCUT2D eigenvalue weighted by Gasteiger charge is -2.49. The number of phosphoric acid groups is 1. The number of fused-ring (bicyclic) bond motifs is 10. The molecule has 486 valence electrons. The molecule has 31 heteroatoms. The van der Waals surface area contributed by atoms with Crippen LogP contribution >= 0.6 is 7.82 Å². The lowest BCUT2D eigenvalue weighted by atomic mass is 9.56. The van der Waals surface area contributed by atoms with Crippen molar-refractivity contribution in [2.75, 3.05) is 25.5 Å². The average Bonchev–Trinajstić information content (AvgIpc) is 1.53. The number of imidazole rings is 1. The normalized spacial score (nSPS) is 36.9. The van der Waals surface area contributed by atoms with E-state index in [-0.39, 0.29) is 93.7 Å². The van der Waals surface area contributed by atoms with E-state index in [0.717, 1.165) is 11.3 Å². The first kappa shape index (κ1) is 67.1. The number of ether oxygens (including phenoxy) is 1. The number of carbonyl (C=O) groups is 7. The van der Waals surface area contributed by atoms with Gasteiger partial charge in [-0.05, 0) is 81.4 Å². The van der Waals surface area contributed by atoms with E-state index in [0.29, 0.717) is 23.4 Å². The van der Waals surface area contributed by atoms with Crippen LogP contribution in [0.25, 0.3) is 11.2 Å². The third-order valence-corrected chi connectivity index (χ3v) is 21.7. The molecule has 2 aromatic rings. The molecule has 7 amide bonds. The van der Waals surface area contributed by atoms with Crippen LogP contribution < -0.4 is 66.7 Å². The van der Waals surface area contributed by atoms with Gasteiger partial charge in [0.15, 0.2) is 17.7 Å². The molecule has 8 rings (SSSR count). The number of hydrogen-bond donors (Lipinski definition) is 15. The summed E-state index contributed by atoms with van der Waals surface area (Å²) >= 11 is 0. The fourth-order valence-electron chi connectivity index (χ4n) is 16.1. The highest BCUT2D eigenvalue weighted by molar-refractivity contribution is 7.47. The van der Waals surface area contributed by atoms with Crippen LogP contribution in [0.1, 0.15) is 132 Å². The number of allylic oxidation sites excluding steroid dienone is 3. The van der Waals surface area contributed by atoms with Gasteiger partial charge in [-0.3, -0.25) is 47.2 Å². The maximum atomic E-state index is 14.2. The van der Waals surface area contributed by atoms with Gasteiger partial charge in [0.1, 0.15) is 36.5 Å². The minimum atomic E-state index is -5.04. The Kier molecular flexibility index (Phi) is 19.3. The van der Waals surface area contributed by atoms with Crippen molar-refractivity contribution in [1.82, 2.24) is 46.1 Å². The molecule has 0 spiro atoms. The molecule has 0 radical (unpaired) electrons. The van der Waals surface area contributed by atoms with Crippen LogP contribution in [-0.4, -0.2) is 144 Å². The summed E-state index contributed by atoms with van der Waals surface area (Å²) in [5, 5.41) is 39.8. The van der Waals surface area contributed by atoms with Gasteiger partial charge in [0, 0.05) is 120 Å². The first-order valence-electron chi connectivity index (χ1n) is 29.8. The van der Waals surface area contributed by atoms with Gasteiger partial charge >= 0.3 is 7.82 Å². The number of primary amides is 6. The highest BCUT2D eigenvalue weighted by atomic mass is 31.2. The van der Waals surface area contributed by atoms with Gasteiger partial charge in [0.2, 0.25) is 41.4 Å². The minimum Gasteiger partial charge on any atom is -0.394 e. The molecule has 5 fully saturated rings. The highest BCUT2D eigenvalue weighted by Crippen LogP contribution is 2.62. The summed E-state index contributed by atoms with van der Waals surface area (Å²) in [4.78, 5) is 116. The quantitative estimate of drug-likeness (QED) is 0.0400. The molecule has 8 bridgehead atoms. The van der Waals surface area contributed by atoms with Gasteiger partial charge in [-0.1, -0.05) is 34.6 Å². The van der Waals surface area contributed by atoms with Crippen molar-refractivity contribution in [2.24, 2.45) is 79.7 Å². The minimum absolute atomic E-state index is 0.00939. The maximum absolute atomic E-state index is 14.2. The Balaban J connectivity index is 1.17. The predicted octanol–water partition coefficient (Wildman–Crippen LogP) is -0.918. The summed E-state index contributed by atoms with van der Waals surface area (Å²) < 4.78 is 31.2. The zero-order valence-corrected chi connectivity index (χ0v) is 52.1. The van der Waals surface area contributed by atoms with Crippen LogP contribution in [0.15, 0.2) is 47.0 Å². The number of nitrogens with one attached hydrogen (secondary N) is 5. The molecule has 17 atom stereocenters. The van der Waals surface area contributed by atoms with E-state index >= 15 is 0 Å². The molecular formula is C57H89N16O14P. The largest absolute Gasteiger partial charge is 0.472 e. The number of amides is 7. The van der Waals surface area contributed by atoms with Crippen LogP contribution in [0, 0.1) is 45.3 Å². The Morgan fingerprint density at radius 1 is 0.750 bits per heavy atom. The monoisotopic (exact) mass is 1250 g/mol. The molecule has 0 aliphatic carbocycles. The Bertz CT molecular complexity index is 3250. The molecule has 8 heterocycles. The number of anilines is 1. The summed E-state index contributed by atoms with van der Waals surface area (Å²) in [5.74, 6) is -6.26. The summed E-state index contributed by atoms with van der Waals surface area (Å²) in [6, 6.07) is -2.60. The summed E-state index contributed by atoms with van der Waals surface area (Å²) in [5.41, 5.74) is 40.9. The second-order valence-electron chi connectivity index (χ2n) is 26.3. The molecule has 4 unspecified atom stereocenters. The number of aliphatic hydroxyl groups is 2. The third-order valence-electron chi connectivity index (χ3n) is 20.7. The smallest absolute Gasteiger partial charge is 0.394 e. The maximum Gasteiger partial charge on any atom is 0.472 e. The van der Waals surface area contributed by atoms with Crippen molar-refractivity contribution < 1.29 is 67.0 Å². The van der Waals surface area contributed by atoms with Crippen molar-refractivity contribution >= 4 is 66.2 Å². The summed E-state index contributed by atoms with van der Waals surface area (Å²) in [6.07, 6.45) is -1.46. The predicted molar refractivity (Wildman–Crippen MR) is 318 cm³/mol. The molecule has 88 heavy (non-hydrogen) atoms. The Morgan fingerprint density at radius 3 is 1.95 bits per heavy atom. The van der Waals surface area contributed by atoms with E-state index in [9.17, 15) is 53.2 Å². The standard InChI is InChI=1S/C57H89N16O14P/c1-26-42-29(10-13-36(59)76)53(3,4)34(70-42)20-32-28(9-12-35(58)75)55(6,21-39(62)79)48(69-32)27(2)43-30(11-14-37(60)77)56(7,22-40(63)80)57(8,72-43)49-31(19-38(61)78)54(5,47(26)71-49)16-15-41(81)65-17-18-85-88(83,84)87-46-33(23-74)86-52(45(46)82)73-25-68-51-44(73)50(64)66-24-67-51/h20,24-25,28-33,42-43,45-46,49,52,69-72,74,82H,9-19,21-23H2,1-8H3,(H2,58,75)(H2,59,76)(H2,60,77)(H2,61,78)(H2,62,79)(H2,63,80)(H,65,81)(H,83,84)(H2,64,66,67)/b34-20-,47-26-,48-27-/t28-,29-,30-,31+,32?,33-,42?,43?,45-,46-,49-,52+,54-,55+,56+,57+/m1/s1. The second-order valence-corrected chi connectivity index (χ2v) is 27.8. The van der Waals surface area contributed by atoms with E-state index in [1.54, 1.807) is 0 Å². The van der Waals surface area contributed by atoms with Crippen molar-refractivity contribution in [1.29, 1.82) is 0 Å². The van der Waals surface area contributed by atoms with Crippen LogP contribution in [-0.2, 0) is 51.9 Å². The van der Waals surface area contributed by atoms with Gasteiger partial charge in [-0.25, -0.2) is 19.5 Å². The first-order valence-corrected chi connectivity index (χ1v) is 31.3. The fraction of sp³-hybridized carbons (Fsp3) is 0.684. The molecule has 2 aromatic heterocycles. The topological polar surface area (TPSA) is 511 Å². The molecule has 6 aliphatic rings. The SMILES string of the molecule is C/C1=C2/N[C@H]([C@H](CC(N)=O)[C@@]2(C)CCC(=O)NCCOP(=O)(O)O[C@H]2[C@@H](O)[C@@H](n3cnc4ncnc(N)c43)O[C@@H]2CO)[C@]2(C)NC(/C(C)=C3\NC(/C=C4\NC1[C@@H](CCC(N)=O)C4(C)C)[C@@H](CCC(N)=O)[C@]3(C)CC(N)=O)[C@@H](CCC(N)=O)[C@]2(C)CC(N)=O. The van der Waals surface area contributed by atoms with Crippen molar-refractivity contribution in [3.63, 3.8) is 0 Å². The Hall–Kier alpha value is -6.79. The number of aliphatic hydroxyl groups excluding tert-OH is 2. The number of phosphoric ester groups is 1. The molecule has 0 saturated carbocycles. The summed E-state index contributed by atoms with van der Waals surface area (Å²) in [6.45, 7) is 14.1.